The van der Waals surface area contributed by atoms with Gasteiger partial charge in [-0.25, -0.2) is 4.57 Å². The summed E-state index contributed by atoms with van der Waals surface area (Å²) in [7, 11) is -4.40. The summed E-state index contributed by atoms with van der Waals surface area (Å²) in [5, 5.41) is 0. The highest BCUT2D eigenvalue weighted by Gasteiger charge is 2.26. The first-order valence-electron chi connectivity index (χ1n) is 25.6. The number of hydrogen-bond acceptors (Lipinski definition) is 8. The normalized spacial score (nSPS) is 13.9. The fourth-order valence-electron chi connectivity index (χ4n) is 6.79. The van der Waals surface area contributed by atoms with E-state index in [4.69, 9.17) is 24.3 Å². The number of ether oxygens (including phenoxy) is 2. The number of allylic oxidation sites excluding steroid dienone is 14. The fraction of sp³-hybridized carbons (Fsp3) is 0.704. The monoisotopic (exact) mass is 916 g/mol. The van der Waals surface area contributed by atoms with Crippen LogP contribution in [-0.2, 0) is 32.7 Å². The van der Waals surface area contributed by atoms with Crippen LogP contribution in [0.5, 0.6) is 0 Å². The van der Waals surface area contributed by atoms with Gasteiger partial charge < -0.3 is 20.1 Å². The number of nitrogens with two attached hydrogens (primary N) is 1. The van der Waals surface area contributed by atoms with Crippen molar-refractivity contribution >= 4 is 19.8 Å². The van der Waals surface area contributed by atoms with Gasteiger partial charge in [-0.15, -0.1) is 0 Å². The lowest BCUT2D eigenvalue weighted by atomic mass is 10.0. The summed E-state index contributed by atoms with van der Waals surface area (Å²) in [6.45, 7) is 3.59. The molecule has 3 N–H and O–H groups in total. The zero-order chi connectivity index (χ0) is 46.7. The van der Waals surface area contributed by atoms with Crippen molar-refractivity contribution < 1.29 is 37.6 Å². The quantitative estimate of drug-likeness (QED) is 0.0265. The van der Waals surface area contributed by atoms with Crippen LogP contribution >= 0.6 is 7.82 Å². The van der Waals surface area contributed by atoms with E-state index in [2.05, 4.69) is 98.9 Å². The van der Waals surface area contributed by atoms with E-state index in [0.717, 1.165) is 83.5 Å². The summed E-state index contributed by atoms with van der Waals surface area (Å²) in [6, 6.07) is 0. The summed E-state index contributed by atoms with van der Waals surface area (Å²) in [5.74, 6) is -0.866. The molecule has 2 atom stereocenters. The Morgan fingerprint density at radius 3 is 1.28 bits per heavy atom. The first-order chi connectivity index (χ1) is 31.3. The molecular formula is C54H94NO8P. The summed E-state index contributed by atoms with van der Waals surface area (Å²) in [4.78, 5) is 35.0. The molecule has 64 heavy (non-hydrogen) atoms. The van der Waals surface area contributed by atoms with Crippen LogP contribution in [0.15, 0.2) is 85.1 Å². The second-order valence-electron chi connectivity index (χ2n) is 16.7. The van der Waals surface area contributed by atoms with Crippen molar-refractivity contribution in [2.45, 2.75) is 219 Å². The van der Waals surface area contributed by atoms with Gasteiger partial charge in [0.2, 0.25) is 0 Å². The van der Waals surface area contributed by atoms with Crippen LogP contribution in [0.4, 0.5) is 0 Å². The molecule has 0 aliphatic rings. The SMILES string of the molecule is CC/C=C\C/C=C\C/C=C\C/C=C\C/C=C\C/C=C\C/C=C\CCCCCC(=O)OC(COC(=O)CCCCCCCCCCCCCCCCCCCC)COP(=O)(O)OCCN. The van der Waals surface area contributed by atoms with Crippen LogP contribution in [0.25, 0.3) is 0 Å². The molecule has 0 rings (SSSR count). The highest BCUT2D eigenvalue weighted by molar-refractivity contribution is 7.47. The maximum Gasteiger partial charge on any atom is 0.472 e. The Morgan fingerprint density at radius 1 is 0.484 bits per heavy atom. The zero-order valence-corrected chi connectivity index (χ0v) is 41.6. The average Bonchev–Trinajstić information content (AvgIpc) is 3.28. The Balaban J connectivity index is 4.15. The molecule has 0 bridgehead atoms. The number of phosphoric ester groups is 1. The molecule has 10 heteroatoms. The Labute approximate surface area is 392 Å². The molecule has 0 aromatic rings. The minimum Gasteiger partial charge on any atom is -0.462 e. The molecule has 2 unspecified atom stereocenters. The van der Waals surface area contributed by atoms with Crippen molar-refractivity contribution in [1.29, 1.82) is 0 Å². The van der Waals surface area contributed by atoms with E-state index in [1.54, 1.807) is 0 Å². The lowest BCUT2D eigenvalue weighted by Gasteiger charge is -2.19. The highest BCUT2D eigenvalue weighted by Crippen LogP contribution is 2.43. The second-order valence-corrected chi connectivity index (χ2v) is 18.1. The Morgan fingerprint density at radius 2 is 0.859 bits per heavy atom. The number of unbranched alkanes of at least 4 members (excludes halogenated alkanes) is 20. The number of carbonyl (C=O) groups is 2. The molecule has 0 aromatic carbocycles. The smallest absolute Gasteiger partial charge is 0.462 e. The standard InChI is InChI=1S/C54H94NO8P/c1-3-5-7-9-11-13-15-17-19-21-23-24-25-26-27-28-29-31-33-35-37-39-41-43-45-47-54(57)63-52(51-62-64(58,59)61-49-48-55)50-60-53(56)46-44-42-40-38-36-34-32-30-22-20-18-16-14-12-10-8-6-4-2/h5,7,11,13,17,19,23-24,26-27,29,31,35,37,52H,3-4,6,8-10,12,14-16,18,20-22,25,28,30,32-34,36,38-51,55H2,1-2H3,(H,58,59)/b7-5-,13-11-,19-17-,24-23-,27-26-,31-29-,37-35-. The molecule has 0 saturated carbocycles. The summed E-state index contributed by atoms with van der Waals surface area (Å²) in [6.07, 6.45) is 63.3. The number of rotatable bonds is 47. The Bertz CT molecular complexity index is 1320. The van der Waals surface area contributed by atoms with Crippen molar-refractivity contribution in [3.05, 3.63) is 85.1 Å². The van der Waals surface area contributed by atoms with Crippen LogP contribution in [-0.4, -0.2) is 49.3 Å². The van der Waals surface area contributed by atoms with Gasteiger partial charge in [0.25, 0.3) is 0 Å². The Kier molecular flexibility index (Phi) is 47.4. The predicted octanol–water partition coefficient (Wildman–Crippen LogP) is 15.6. The molecule has 368 valence electrons. The predicted molar refractivity (Wildman–Crippen MR) is 270 cm³/mol. The van der Waals surface area contributed by atoms with Crippen molar-refractivity contribution in [2.24, 2.45) is 5.73 Å². The number of hydrogen-bond donors (Lipinski definition) is 2. The van der Waals surface area contributed by atoms with Gasteiger partial charge in [0, 0.05) is 19.4 Å². The van der Waals surface area contributed by atoms with E-state index < -0.39 is 32.5 Å². The third-order valence-electron chi connectivity index (χ3n) is 10.5. The number of phosphoric acid groups is 1. The van der Waals surface area contributed by atoms with Gasteiger partial charge in [0.15, 0.2) is 6.10 Å². The lowest BCUT2D eigenvalue weighted by molar-refractivity contribution is -0.161. The van der Waals surface area contributed by atoms with Crippen LogP contribution in [0.2, 0.25) is 0 Å². The van der Waals surface area contributed by atoms with Gasteiger partial charge in [-0.05, 0) is 70.6 Å². The van der Waals surface area contributed by atoms with Gasteiger partial charge in [-0.2, -0.15) is 0 Å². The summed E-state index contributed by atoms with van der Waals surface area (Å²) >= 11 is 0. The third kappa shape index (κ3) is 48.6. The molecule has 9 nitrogen and oxygen atoms in total. The highest BCUT2D eigenvalue weighted by atomic mass is 31.2. The lowest BCUT2D eigenvalue weighted by Crippen LogP contribution is -2.29. The molecule has 0 heterocycles. The molecule has 0 aliphatic carbocycles. The van der Waals surface area contributed by atoms with Crippen molar-refractivity contribution in [3.8, 4) is 0 Å². The third-order valence-corrected chi connectivity index (χ3v) is 11.5. The van der Waals surface area contributed by atoms with E-state index >= 15 is 0 Å². The summed E-state index contributed by atoms with van der Waals surface area (Å²) < 4.78 is 32.9. The van der Waals surface area contributed by atoms with Crippen LogP contribution in [0.1, 0.15) is 213 Å². The van der Waals surface area contributed by atoms with Crippen LogP contribution in [0, 0.1) is 0 Å². The molecule has 0 spiro atoms. The van der Waals surface area contributed by atoms with Gasteiger partial charge in [-0.1, -0.05) is 214 Å². The van der Waals surface area contributed by atoms with Crippen LogP contribution < -0.4 is 5.73 Å². The molecular weight excluding hydrogens is 822 g/mol. The molecule has 0 amide bonds. The van der Waals surface area contributed by atoms with Gasteiger partial charge >= 0.3 is 19.8 Å². The van der Waals surface area contributed by atoms with E-state index in [-0.39, 0.29) is 32.6 Å². The average molecular weight is 916 g/mol. The minimum absolute atomic E-state index is 0.0443. The maximum absolute atomic E-state index is 12.6. The Hall–Kier alpha value is -2.81. The van der Waals surface area contributed by atoms with Crippen molar-refractivity contribution in [3.63, 3.8) is 0 Å². The first-order valence-corrected chi connectivity index (χ1v) is 27.1. The molecule has 0 aromatic heterocycles. The zero-order valence-electron chi connectivity index (χ0n) is 40.7. The molecule has 0 radical (unpaired) electrons. The van der Waals surface area contributed by atoms with E-state index in [9.17, 15) is 19.0 Å². The minimum atomic E-state index is -4.40. The van der Waals surface area contributed by atoms with Gasteiger partial charge in [0.05, 0.1) is 13.2 Å². The first kappa shape index (κ1) is 61.2. The topological polar surface area (TPSA) is 134 Å². The van der Waals surface area contributed by atoms with Gasteiger partial charge in [-0.3, -0.25) is 18.6 Å². The number of carbonyl (C=O) groups excluding carboxylic acids is 2. The number of esters is 2. The van der Waals surface area contributed by atoms with E-state index in [0.29, 0.717) is 6.42 Å². The molecule has 0 saturated heterocycles. The fourth-order valence-corrected chi connectivity index (χ4v) is 7.56. The molecule has 0 fully saturated rings. The largest absolute Gasteiger partial charge is 0.472 e. The van der Waals surface area contributed by atoms with Crippen LogP contribution in [0.3, 0.4) is 0 Å². The molecule has 0 aliphatic heterocycles. The van der Waals surface area contributed by atoms with Gasteiger partial charge in [0.1, 0.15) is 6.61 Å². The van der Waals surface area contributed by atoms with E-state index in [1.165, 1.54) is 96.3 Å². The van der Waals surface area contributed by atoms with Crippen molar-refractivity contribution in [2.75, 3.05) is 26.4 Å². The van der Waals surface area contributed by atoms with E-state index in [1.807, 2.05) is 0 Å². The van der Waals surface area contributed by atoms with Crippen molar-refractivity contribution in [1.82, 2.24) is 0 Å². The summed E-state index contributed by atoms with van der Waals surface area (Å²) in [5.41, 5.74) is 5.36. The second kappa shape index (κ2) is 49.6. The maximum atomic E-state index is 12.6.